The van der Waals surface area contributed by atoms with Crippen molar-refractivity contribution in [3.8, 4) is 5.75 Å². The first-order chi connectivity index (χ1) is 9.78. The third-order valence-electron chi connectivity index (χ3n) is 4.06. The Morgan fingerprint density at radius 2 is 1.90 bits per heavy atom. The molecule has 0 aliphatic heterocycles. The van der Waals surface area contributed by atoms with Crippen molar-refractivity contribution in [2.24, 2.45) is 0 Å². The molecular weight excluding hydrogens is 248 g/mol. The van der Waals surface area contributed by atoms with E-state index in [0.29, 0.717) is 5.92 Å². The molecule has 20 heavy (non-hydrogen) atoms. The van der Waals surface area contributed by atoms with Crippen LogP contribution in [-0.4, -0.2) is 11.7 Å². The highest BCUT2D eigenvalue weighted by Crippen LogP contribution is 2.35. The zero-order chi connectivity index (χ0) is 13.9. The molecule has 1 aliphatic carbocycles. The molecule has 0 spiro atoms. The third kappa shape index (κ3) is 2.56. The SMILES string of the molecule is CC[C@H](O)c1ccc(OCC2Cc3ccccc32)cc1. The summed E-state index contributed by atoms with van der Waals surface area (Å²) in [5.74, 6) is 1.40. The Labute approximate surface area is 120 Å². The van der Waals surface area contributed by atoms with E-state index >= 15 is 0 Å². The van der Waals surface area contributed by atoms with Gasteiger partial charge in [0.1, 0.15) is 5.75 Å². The molecule has 0 amide bonds. The summed E-state index contributed by atoms with van der Waals surface area (Å²) in [5, 5.41) is 9.75. The van der Waals surface area contributed by atoms with Gasteiger partial charge in [0, 0.05) is 5.92 Å². The molecule has 2 aromatic carbocycles. The lowest BCUT2D eigenvalue weighted by molar-refractivity contribution is 0.173. The molecule has 1 unspecified atom stereocenters. The highest BCUT2D eigenvalue weighted by molar-refractivity contribution is 5.40. The predicted molar refractivity (Wildman–Crippen MR) is 80.1 cm³/mol. The van der Waals surface area contributed by atoms with E-state index in [2.05, 4.69) is 24.3 Å². The van der Waals surface area contributed by atoms with Gasteiger partial charge in [0.2, 0.25) is 0 Å². The molecule has 0 saturated heterocycles. The molecule has 2 atom stereocenters. The Morgan fingerprint density at radius 1 is 1.15 bits per heavy atom. The van der Waals surface area contributed by atoms with Crippen molar-refractivity contribution in [1.82, 2.24) is 0 Å². The first kappa shape index (κ1) is 13.2. The predicted octanol–water partition coefficient (Wildman–Crippen LogP) is 3.85. The van der Waals surface area contributed by atoms with Gasteiger partial charge in [-0.15, -0.1) is 0 Å². The number of fused-ring (bicyclic) bond motifs is 1. The number of hydrogen-bond donors (Lipinski definition) is 1. The fraction of sp³-hybridized carbons (Fsp3) is 0.333. The molecule has 2 nitrogen and oxygen atoms in total. The maximum Gasteiger partial charge on any atom is 0.119 e. The first-order valence-corrected chi connectivity index (χ1v) is 7.26. The van der Waals surface area contributed by atoms with Gasteiger partial charge in [0.25, 0.3) is 0 Å². The second kappa shape index (κ2) is 5.68. The molecule has 1 aliphatic rings. The molecule has 1 N–H and O–H groups in total. The minimum Gasteiger partial charge on any atom is -0.493 e. The van der Waals surface area contributed by atoms with E-state index < -0.39 is 0 Å². The van der Waals surface area contributed by atoms with E-state index in [1.54, 1.807) is 0 Å². The van der Waals surface area contributed by atoms with Crippen molar-refractivity contribution in [2.75, 3.05) is 6.61 Å². The summed E-state index contributed by atoms with van der Waals surface area (Å²) in [6.45, 7) is 2.70. The van der Waals surface area contributed by atoms with Gasteiger partial charge in [-0.05, 0) is 41.7 Å². The van der Waals surface area contributed by atoms with Crippen LogP contribution in [0.2, 0.25) is 0 Å². The fourth-order valence-corrected chi connectivity index (χ4v) is 2.73. The lowest BCUT2D eigenvalue weighted by Crippen LogP contribution is -2.23. The van der Waals surface area contributed by atoms with Crippen LogP contribution in [0.1, 0.15) is 42.1 Å². The van der Waals surface area contributed by atoms with E-state index in [9.17, 15) is 5.11 Å². The molecule has 0 fully saturated rings. The number of ether oxygens (including phenoxy) is 1. The van der Waals surface area contributed by atoms with Crippen LogP contribution in [0.5, 0.6) is 5.75 Å². The van der Waals surface area contributed by atoms with Crippen LogP contribution in [0.4, 0.5) is 0 Å². The van der Waals surface area contributed by atoms with Gasteiger partial charge in [-0.2, -0.15) is 0 Å². The summed E-state index contributed by atoms with van der Waals surface area (Å²) >= 11 is 0. The van der Waals surface area contributed by atoms with Gasteiger partial charge in [-0.1, -0.05) is 43.3 Å². The topological polar surface area (TPSA) is 29.5 Å². The summed E-state index contributed by atoms with van der Waals surface area (Å²) in [5.41, 5.74) is 3.82. The lowest BCUT2D eigenvalue weighted by atomic mass is 9.78. The average molecular weight is 268 g/mol. The van der Waals surface area contributed by atoms with E-state index in [-0.39, 0.29) is 6.10 Å². The van der Waals surface area contributed by atoms with Crippen LogP contribution in [0.15, 0.2) is 48.5 Å². The highest BCUT2D eigenvalue weighted by atomic mass is 16.5. The van der Waals surface area contributed by atoms with E-state index in [1.807, 2.05) is 31.2 Å². The zero-order valence-electron chi connectivity index (χ0n) is 11.8. The van der Waals surface area contributed by atoms with Crippen molar-refractivity contribution >= 4 is 0 Å². The summed E-state index contributed by atoms with van der Waals surface area (Å²) in [4.78, 5) is 0. The smallest absolute Gasteiger partial charge is 0.119 e. The van der Waals surface area contributed by atoms with Crippen molar-refractivity contribution in [2.45, 2.75) is 31.8 Å². The summed E-state index contributed by atoms with van der Waals surface area (Å²) in [7, 11) is 0. The molecule has 104 valence electrons. The van der Waals surface area contributed by atoms with Crippen LogP contribution >= 0.6 is 0 Å². The standard InChI is InChI=1S/C18H20O2/c1-2-18(19)13-7-9-16(10-8-13)20-12-15-11-14-5-3-4-6-17(14)15/h3-10,15,18-19H,2,11-12H2,1H3/t15?,18-/m0/s1. The van der Waals surface area contributed by atoms with Crippen LogP contribution in [0.3, 0.4) is 0 Å². The summed E-state index contributed by atoms with van der Waals surface area (Å²) in [6, 6.07) is 16.3. The van der Waals surface area contributed by atoms with Crippen LogP contribution in [0.25, 0.3) is 0 Å². The number of rotatable bonds is 5. The minimum absolute atomic E-state index is 0.373. The van der Waals surface area contributed by atoms with Crippen molar-refractivity contribution in [1.29, 1.82) is 0 Å². The fourth-order valence-electron chi connectivity index (χ4n) is 2.73. The molecule has 3 rings (SSSR count). The average Bonchev–Trinajstić information content (AvgIpc) is 2.48. The van der Waals surface area contributed by atoms with Crippen LogP contribution in [0, 0.1) is 0 Å². The molecule has 2 heteroatoms. The summed E-state index contributed by atoms with van der Waals surface area (Å²) in [6.07, 6.45) is 1.48. The normalized spacial score (nSPS) is 18.0. The third-order valence-corrected chi connectivity index (χ3v) is 4.06. The number of aliphatic hydroxyl groups is 1. The van der Waals surface area contributed by atoms with E-state index in [4.69, 9.17) is 4.74 Å². The Balaban J connectivity index is 1.57. The zero-order valence-corrected chi connectivity index (χ0v) is 11.8. The number of hydrogen-bond acceptors (Lipinski definition) is 2. The maximum absolute atomic E-state index is 9.75. The quantitative estimate of drug-likeness (QED) is 0.892. The van der Waals surface area contributed by atoms with Gasteiger partial charge in [-0.3, -0.25) is 0 Å². The van der Waals surface area contributed by atoms with Crippen LogP contribution < -0.4 is 4.74 Å². The van der Waals surface area contributed by atoms with Crippen molar-refractivity contribution in [3.63, 3.8) is 0 Å². The second-order valence-corrected chi connectivity index (χ2v) is 5.40. The van der Waals surface area contributed by atoms with Crippen molar-refractivity contribution < 1.29 is 9.84 Å². The molecule has 0 heterocycles. The van der Waals surface area contributed by atoms with E-state index in [0.717, 1.165) is 30.8 Å². The Morgan fingerprint density at radius 3 is 2.60 bits per heavy atom. The molecule has 0 saturated carbocycles. The molecule has 0 radical (unpaired) electrons. The van der Waals surface area contributed by atoms with Gasteiger partial charge in [0.05, 0.1) is 12.7 Å². The highest BCUT2D eigenvalue weighted by Gasteiger charge is 2.25. The molecule has 2 aromatic rings. The second-order valence-electron chi connectivity index (χ2n) is 5.40. The van der Waals surface area contributed by atoms with E-state index in [1.165, 1.54) is 11.1 Å². The molecular formula is C18H20O2. The first-order valence-electron chi connectivity index (χ1n) is 7.26. The maximum atomic E-state index is 9.75. The number of benzene rings is 2. The largest absolute Gasteiger partial charge is 0.493 e. The Kier molecular flexibility index (Phi) is 3.75. The monoisotopic (exact) mass is 268 g/mol. The molecule has 0 aromatic heterocycles. The van der Waals surface area contributed by atoms with Gasteiger partial charge < -0.3 is 9.84 Å². The van der Waals surface area contributed by atoms with Gasteiger partial charge in [0.15, 0.2) is 0 Å². The lowest BCUT2D eigenvalue weighted by Gasteiger charge is -2.29. The number of aliphatic hydroxyl groups excluding tert-OH is 1. The summed E-state index contributed by atoms with van der Waals surface area (Å²) < 4.78 is 5.85. The van der Waals surface area contributed by atoms with Crippen molar-refractivity contribution in [3.05, 3.63) is 65.2 Å². The Bertz CT molecular complexity index is 574. The van der Waals surface area contributed by atoms with Gasteiger partial charge in [-0.25, -0.2) is 0 Å². The van der Waals surface area contributed by atoms with Crippen LogP contribution in [-0.2, 0) is 6.42 Å². The van der Waals surface area contributed by atoms with Gasteiger partial charge >= 0.3 is 0 Å². The molecule has 0 bridgehead atoms. The Hall–Kier alpha value is -1.80. The minimum atomic E-state index is -0.373.